The maximum Gasteiger partial charge on any atom is 0.251 e. The zero-order valence-corrected chi connectivity index (χ0v) is 14.0. The molecule has 25 heavy (non-hydrogen) atoms. The van der Waals surface area contributed by atoms with Gasteiger partial charge < -0.3 is 15.7 Å². The molecule has 2 amide bonds. The summed E-state index contributed by atoms with van der Waals surface area (Å²) < 4.78 is 0. The Morgan fingerprint density at radius 3 is 2.36 bits per heavy atom. The van der Waals surface area contributed by atoms with E-state index in [2.05, 4.69) is 5.92 Å². The Hall–Kier alpha value is -3.10. The number of rotatable bonds is 2. The molecule has 0 radical (unpaired) electrons. The van der Waals surface area contributed by atoms with Crippen molar-refractivity contribution >= 4 is 11.8 Å². The lowest BCUT2D eigenvalue weighted by Crippen LogP contribution is -2.24. The van der Waals surface area contributed by atoms with Crippen LogP contribution >= 0.6 is 0 Å². The molecule has 1 fully saturated rings. The molecule has 5 heteroatoms. The number of primary amides is 1. The quantitative estimate of drug-likeness (QED) is 0.818. The first-order valence-corrected chi connectivity index (χ1v) is 7.82. The summed E-state index contributed by atoms with van der Waals surface area (Å²) in [6.07, 6.45) is 5.22. The highest BCUT2D eigenvalue weighted by Crippen LogP contribution is 2.21. The van der Waals surface area contributed by atoms with Crippen LogP contribution < -0.4 is 5.73 Å². The van der Waals surface area contributed by atoms with E-state index in [-0.39, 0.29) is 5.91 Å². The van der Waals surface area contributed by atoms with E-state index in [4.69, 9.17) is 17.3 Å². The van der Waals surface area contributed by atoms with Crippen LogP contribution in [-0.4, -0.2) is 41.5 Å². The molecule has 0 saturated carbocycles. The third-order valence-electron chi connectivity index (χ3n) is 3.91. The van der Waals surface area contributed by atoms with Crippen molar-refractivity contribution in [3.8, 4) is 23.5 Å². The van der Waals surface area contributed by atoms with Gasteiger partial charge in [0.1, 0.15) is 6.10 Å². The van der Waals surface area contributed by atoms with Crippen LogP contribution in [0.1, 0.15) is 22.3 Å². The highest BCUT2D eigenvalue weighted by Gasteiger charge is 2.25. The zero-order valence-electron chi connectivity index (χ0n) is 14.0. The van der Waals surface area contributed by atoms with Gasteiger partial charge in [-0.15, -0.1) is 6.42 Å². The number of hydrogen-bond acceptors (Lipinski definition) is 3. The van der Waals surface area contributed by atoms with E-state index < -0.39 is 12.0 Å². The molecule has 0 aliphatic carbocycles. The Morgan fingerprint density at radius 1 is 1.24 bits per heavy atom. The molecule has 2 aromatic rings. The van der Waals surface area contributed by atoms with Crippen molar-refractivity contribution < 1.29 is 14.7 Å². The highest BCUT2D eigenvalue weighted by molar-refractivity contribution is 5.94. The van der Waals surface area contributed by atoms with Gasteiger partial charge in [-0.1, -0.05) is 30.2 Å². The molecule has 5 nitrogen and oxygen atoms in total. The van der Waals surface area contributed by atoms with Crippen LogP contribution in [0.4, 0.5) is 0 Å². The van der Waals surface area contributed by atoms with Gasteiger partial charge in [-0.3, -0.25) is 9.59 Å². The predicted octanol–water partition coefficient (Wildman–Crippen LogP) is 1.64. The highest BCUT2D eigenvalue weighted by atomic mass is 16.3. The van der Waals surface area contributed by atoms with E-state index in [1.54, 1.807) is 25.2 Å². The van der Waals surface area contributed by atoms with Gasteiger partial charge in [-0.05, 0) is 41.8 Å². The maximum absolute atomic E-state index is 11.1. The van der Waals surface area contributed by atoms with Crippen molar-refractivity contribution in [1.29, 1.82) is 0 Å². The normalized spacial score (nSPS) is 16.0. The number of benzene rings is 2. The van der Waals surface area contributed by atoms with E-state index in [0.717, 1.165) is 16.7 Å². The average molecular weight is 336 g/mol. The lowest BCUT2D eigenvalue weighted by Gasteiger charge is -2.04. The lowest BCUT2D eigenvalue weighted by atomic mass is 10.0. The van der Waals surface area contributed by atoms with Crippen LogP contribution in [0.15, 0.2) is 48.5 Å². The summed E-state index contributed by atoms with van der Waals surface area (Å²) in [7, 11) is 1.69. The molecule has 0 spiro atoms. The molecule has 1 unspecified atom stereocenters. The third kappa shape index (κ3) is 4.69. The minimum absolute atomic E-state index is 0.148. The monoisotopic (exact) mass is 336 g/mol. The second kappa shape index (κ2) is 8.13. The van der Waals surface area contributed by atoms with Gasteiger partial charge in [0.05, 0.1) is 0 Å². The third-order valence-corrected chi connectivity index (χ3v) is 3.91. The summed E-state index contributed by atoms with van der Waals surface area (Å²) in [6.45, 7) is 0.694. The molecule has 2 aromatic carbocycles. The average Bonchev–Trinajstić information content (AvgIpc) is 2.93. The fourth-order valence-electron chi connectivity index (χ4n) is 2.44. The number of amides is 2. The van der Waals surface area contributed by atoms with Crippen LogP contribution in [0.5, 0.6) is 0 Å². The molecule has 128 valence electrons. The molecule has 3 N–H and O–H groups in total. The van der Waals surface area contributed by atoms with Gasteiger partial charge in [0.15, 0.2) is 0 Å². The summed E-state index contributed by atoms with van der Waals surface area (Å²) in [5, 5.41) is 8.78. The smallest absolute Gasteiger partial charge is 0.251 e. The molecule has 1 aliphatic heterocycles. The van der Waals surface area contributed by atoms with Crippen molar-refractivity contribution in [3.05, 3.63) is 59.7 Å². The minimum Gasteiger partial charge on any atom is -0.383 e. The fourth-order valence-corrected chi connectivity index (χ4v) is 2.44. The summed E-state index contributed by atoms with van der Waals surface area (Å²) in [6, 6.07) is 14.8. The fraction of sp³-hybridized carbons (Fsp3) is 0.200. The molecule has 0 aromatic heterocycles. The van der Waals surface area contributed by atoms with Crippen LogP contribution in [0.25, 0.3) is 11.1 Å². The molecule has 0 bridgehead atoms. The number of terminal acetylenes is 1. The number of aliphatic hydroxyl groups excluding tert-OH is 1. The number of nitrogens with two attached hydrogens (primary N) is 1. The Morgan fingerprint density at radius 2 is 1.88 bits per heavy atom. The first-order valence-electron chi connectivity index (χ1n) is 7.82. The molecule has 1 aliphatic rings. The van der Waals surface area contributed by atoms with E-state index in [0.29, 0.717) is 18.5 Å². The minimum atomic E-state index is -0.722. The second-order valence-corrected chi connectivity index (χ2v) is 5.73. The molecule has 1 saturated heterocycles. The van der Waals surface area contributed by atoms with E-state index in [9.17, 15) is 9.59 Å². The molecular weight excluding hydrogens is 316 g/mol. The molecular formula is C20H20N2O3. The van der Waals surface area contributed by atoms with Crippen LogP contribution in [0, 0.1) is 12.3 Å². The standard InChI is InChI=1S/C15H11NO.C5H9NO2/c1-2-11-5-3-6-12(9-11)13-7-4-8-14(10-13)15(16)17;1-6-3-2-4(7)5(6)8/h1,3-10H,(H2,16,17);4,7H,2-3H2,1H3. The SMILES string of the molecule is C#Cc1cccc(-c2cccc(C(N)=O)c2)c1.CN1CCC(O)C1=O. The number of hydrogen-bond donors (Lipinski definition) is 2. The molecule has 1 atom stereocenters. The summed E-state index contributed by atoms with van der Waals surface area (Å²) >= 11 is 0. The van der Waals surface area contributed by atoms with Crippen molar-refractivity contribution in [3.63, 3.8) is 0 Å². The Kier molecular flexibility index (Phi) is 5.93. The van der Waals surface area contributed by atoms with Crippen LogP contribution in [0.3, 0.4) is 0 Å². The van der Waals surface area contributed by atoms with E-state index in [1.165, 1.54) is 4.90 Å². The van der Waals surface area contributed by atoms with Gasteiger partial charge in [-0.2, -0.15) is 0 Å². The van der Waals surface area contributed by atoms with Crippen LogP contribution in [-0.2, 0) is 4.79 Å². The van der Waals surface area contributed by atoms with Gasteiger partial charge in [0.25, 0.3) is 5.91 Å². The number of nitrogens with zero attached hydrogens (tertiary/aromatic N) is 1. The topological polar surface area (TPSA) is 83.6 Å². The number of likely N-dealkylation sites (N-methyl/N-ethyl adjacent to an activating group) is 1. The lowest BCUT2D eigenvalue weighted by molar-refractivity contribution is -0.133. The van der Waals surface area contributed by atoms with Crippen LogP contribution in [0.2, 0.25) is 0 Å². The van der Waals surface area contributed by atoms with Gasteiger partial charge >= 0.3 is 0 Å². The van der Waals surface area contributed by atoms with Crippen molar-refractivity contribution in [2.75, 3.05) is 13.6 Å². The van der Waals surface area contributed by atoms with Crippen molar-refractivity contribution in [2.24, 2.45) is 5.73 Å². The van der Waals surface area contributed by atoms with E-state index >= 15 is 0 Å². The van der Waals surface area contributed by atoms with Gasteiger partial charge in [-0.25, -0.2) is 0 Å². The predicted molar refractivity (Wildman–Crippen MR) is 96.6 cm³/mol. The van der Waals surface area contributed by atoms with Gasteiger partial charge in [0, 0.05) is 24.7 Å². The summed E-state index contributed by atoms with van der Waals surface area (Å²) in [5.41, 5.74) is 8.46. The largest absolute Gasteiger partial charge is 0.383 e. The molecule has 1 heterocycles. The zero-order chi connectivity index (χ0) is 18.4. The second-order valence-electron chi connectivity index (χ2n) is 5.73. The Labute approximate surface area is 147 Å². The summed E-state index contributed by atoms with van der Waals surface area (Å²) in [4.78, 5) is 23.2. The Bertz CT molecular complexity index is 812. The maximum atomic E-state index is 11.1. The number of carbonyl (C=O) groups excluding carboxylic acids is 2. The first-order chi connectivity index (χ1) is 11.9. The van der Waals surface area contributed by atoms with Crippen molar-refractivity contribution in [2.45, 2.75) is 12.5 Å². The number of likely N-dealkylation sites (tertiary alicyclic amines) is 1. The number of carbonyl (C=O) groups is 2. The van der Waals surface area contributed by atoms with E-state index in [1.807, 2.05) is 30.3 Å². The van der Waals surface area contributed by atoms with Crippen molar-refractivity contribution in [1.82, 2.24) is 4.90 Å². The van der Waals surface area contributed by atoms with Gasteiger partial charge in [0.2, 0.25) is 5.91 Å². The Balaban J connectivity index is 0.000000236. The molecule has 3 rings (SSSR count). The number of aliphatic hydroxyl groups is 1. The first kappa shape index (κ1) is 18.2. The summed E-state index contributed by atoms with van der Waals surface area (Å²) in [5.74, 6) is 2.00.